The maximum Gasteiger partial charge on any atom is 0.319 e. The van der Waals surface area contributed by atoms with Crippen molar-refractivity contribution < 1.29 is 9.53 Å². The van der Waals surface area contributed by atoms with Crippen molar-refractivity contribution >= 4 is 11.7 Å². The molecule has 0 radical (unpaired) electrons. The number of pyridine rings is 1. The predicted molar refractivity (Wildman–Crippen MR) is 89.0 cm³/mol. The molecule has 1 saturated carbocycles. The van der Waals surface area contributed by atoms with Crippen LogP contribution in [0.25, 0.3) is 5.82 Å². The van der Waals surface area contributed by atoms with Crippen LogP contribution in [-0.4, -0.2) is 39.5 Å². The van der Waals surface area contributed by atoms with Gasteiger partial charge >= 0.3 is 6.03 Å². The summed E-state index contributed by atoms with van der Waals surface area (Å²) >= 11 is 0. The fourth-order valence-electron chi connectivity index (χ4n) is 3.11. The van der Waals surface area contributed by atoms with Crippen LogP contribution in [0, 0.1) is 5.92 Å². The zero-order chi connectivity index (χ0) is 16.4. The number of carbonyl (C=O) groups is 1. The number of hydrogen-bond acceptors (Lipinski definition) is 4. The maximum atomic E-state index is 12.2. The highest BCUT2D eigenvalue weighted by molar-refractivity contribution is 5.89. The second-order valence-electron chi connectivity index (χ2n) is 6.43. The quantitative estimate of drug-likeness (QED) is 0.903. The van der Waals surface area contributed by atoms with Gasteiger partial charge in [-0.05, 0) is 43.7 Å². The number of urea groups is 1. The summed E-state index contributed by atoms with van der Waals surface area (Å²) in [4.78, 5) is 16.4. The molecule has 1 saturated heterocycles. The lowest BCUT2D eigenvalue weighted by atomic mass is 10.0. The summed E-state index contributed by atoms with van der Waals surface area (Å²) in [7, 11) is 0. The highest BCUT2D eigenvalue weighted by Crippen LogP contribution is 2.38. The molecule has 2 aromatic heterocycles. The highest BCUT2D eigenvalue weighted by atomic mass is 16.5. The van der Waals surface area contributed by atoms with Crippen LogP contribution < -0.4 is 10.6 Å². The minimum Gasteiger partial charge on any atom is -0.378 e. The van der Waals surface area contributed by atoms with E-state index in [2.05, 4.69) is 20.7 Å². The lowest BCUT2D eigenvalue weighted by molar-refractivity contribution is -0.00889. The van der Waals surface area contributed by atoms with Gasteiger partial charge in [-0.25, -0.2) is 14.5 Å². The average molecular weight is 327 g/mol. The van der Waals surface area contributed by atoms with Crippen molar-refractivity contribution in [2.45, 2.75) is 37.8 Å². The summed E-state index contributed by atoms with van der Waals surface area (Å²) < 4.78 is 7.42. The first kappa shape index (κ1) is 15.1. The number of anilines is 1. The van der Waals surface area contributed by atoms with Gasteiger partial charge in [0.2, 0.25) is 0 Å². The molecule has 0 spiro atoms. The normalized spacial score (nSPS) is 23.7. The van der Waals surface area contributed by atoms with Crippen molar-refractivity contribution in [1.29, 1.82) is 0 Å². The standard InChI is InChI=1S/C17H21N5O2/c23-17(20-13-6-8-24-15(9-13)12-4-5-12)21-14-10-19-22(11-14)16-3-1-2-7-18-16/h1-3,7,10-13,15H,4-6,8-9H2,(H2,20,21,23)/t13-,15+/m0/s1. The molecule has 7 heteroatoms. The Labute approximate surface area is 140 Å². The Balaban J connectivity index is 1.32. The zero-order valence-corrected chi connectivity index (χ0v) is 13.4. The summed E-state index contributed by atoms with van der Waals surface area (Å²) in [5, 5.41) is 10.1. The lowest BCUT2D eigenvalue weighted by Crippen LogP contribution is -2.44. The fourth-order valence-corrected chi connectivity index (χ4v) is 3.11. The van der Waals surface area contributed by atoms with Gasteiger partial charge in [-0.1, -0.05) is 6.07 Å². The van der Waals surface area contributed by atoms with Crippen molar-refractivity contribution in [3.63, 3.8) is 0 Å². The molecule has 2 aliphatic rings. The number of hydrogen-bond donors (Lipinski definition) is 2. The first-order chi connectivity index (χ1) is 11.8. The van der Waals surface area contributed by atoms with Gasteiger partial charge in [0.05, 0.1) is 24.2 Å². The minimum atomic E-state index is -0.197. The van der Waals surface area contributed by atoms with Crippen LogP contribution >= 0.6 is 0 Å². The van der Waals surface area contributed by atoms with Crippen molar-refractivity contribution in [1.82, 2.24) is 20.1 Å². The number of carbonyl (C=O) groups excluding carboxylic acids is 1. The first-order valence-electron chi connectivity index (χ1n) is 8.43. The summed E-state index contributed by atoms with van der Waals surface area (Å²) in [6.45, 7) is 0.726. The molecule has 4 rings (SSSR count). The molecule has 0 aromatic carbocycles. The second-order valence-corrected chi connectivity index (χ2v) is 6.43. The molecule has 2 aromatic rings. The second kappa shape index (κ2) is 6.60. The Kier molecular flexibility index (Phi) is 4.17. The van der Waals surface area contributed by atoms with Gasteiger partial charge in [0.1, 0.15) is 0 Å². The Morgan fingerprint density at radius 2 is 2.21 bits per heavy atom. The number of nitrogens with zero attached hydrogens (tertiary/aromatic N) is 3. The third kappa shape index (κ3) is 3.56. The van der Waals surface area contributed by atoms with Crippen LogP contribution in [0.5, 0.6) is 0 Å². The van der Waals surface area contributed by atoms with Crippen LogP contribution in [0.3, 0.4) is 0 Å². The van der Waals surface area contributed by atoms with Gasteiger partial charge in [-0.15, -0.1) is 0 Å². The van der Waals surface area contributed by atoms with Gasteiger partial charge in [0.25, 0.3) is 0 Å². The molecule has 7 nitrogen and oxygen atoms in total. The van der Waals surface area contributed by atoms with Gasteiger partial charge in [-0.3, -0.25) is 0 Å². The molecule has 24 heavy (non-hydrogen) atoms. The molecular formula is C17H21N5O2. The van der Waals surface area contributed by atoms with Crippen molar-refractivity contribution in [3.8, 4) is 5.82 Å². The van der Waals surface area contributed by atoms with E-state index in [9.17, 15) is 4.79 Å². The molecule has 2 atom stereocenters. The molecule has 2 N–H and O–H groups in total. The number of nitrogens with one attached hydrogen (secondary N) is 2. The Morgan fingerprint density at radius 1 is 1.29 bits per heavy atom. The van der Waals surface area contributed by atoms with E-state index < -0.39 is 0 Å². The van der Waals surface area contributed by atoms with E-state index in [1.54, 1.807) is 23.3 Å². The summed E-state index contributed by atoms with van der Waals surface area (Å²) in [5.41, 5.74) is 0.643. The van der Waals surface area contributed by atoms with E-state index in [1.807, 2.05) is 18.2 Å². The molecule has 3 heterocycles. The largest absolute Gasteiger partial charge is 0.378 e. The maximum absolute atomic E-state index is 12.2. The lowest BCUT2D eigenvalue weighted by Gasteiger charge is -2.30. The van der Waals surface area contributed by atoms with E-state index in [-0.39, 0.29) is 12.1 Å². The highest BCUT2D eigenvalue weighted by Gasteiger charge is 2.36. The number of rotatable bonds is 4. The smallest absolute Gasteiger partial charge is 0.319 e. The molecule has 2 fully saturated rings. The van der Waals surface area contributed by atoms with Gasteiger partial charge in [-0.2, -0.15) is 5.10 Å². The topological polar surface area (TPSA) is 81.1 Å². The third-order valence-electron chi connectivity index (χ3n) is 4.52. The Bertz CT molecular complexity index is 698. The predicted octanol–water partition coefficient (Wildman–Crippen LogP) is 2.35. The van der Waals surface area contributed by atoms with Crippen LogP contribution in [0.15, 0.2) is 36.8 Å². The molecule has 1 aliphatic heterocycles. The number of ether oxygens (including phenoxy) is 1. The SMILES string of the molecule is O=C(Nc1cnn(-c2ccccn2)c1)N[C@H]1CCO[C@@H](C2CC2)C1. The summed E-state index contributed by atoms with van der Waals surface area (Å²) in [6.07, 6.45) is 9.68. The van der Waals surface area contributed by atoms with Crippen molar-refractivity contribution in [3.05, 3.63) is 36.8 Å². The molecule has 0 unspecified atom stereocenters. The van der Waals surface area contributed by atoms with E-state index in [1.165, 1.54) is 12.8 Å². The summed E-state index contributed by atoms with van der Waals surface area (Å²) in [6, 6.07) is 5.58. The van der Waals surface area contributed by atoms with Crippen LogP contribution in [0.2, 0.25) is 0 Å². The van der Waals surface area contributed by atoms with Gasteiger partial charge < -0.3 is 15.4 Å². The van der Waals surface area contributed by atoms with Gasteiger partial charge in [0.15, 0.2) is 5.82 Å². The Morgan fingerprint density at radius 3 is 3.00 bits per heavy atom. The molecule has 1 aliphatic carbocycles. The number of aromatic nitrogens is 3. The zero-order valence-electron chi connectivity index (χ0n) is 13.4. The average Bonchev–Trinajstić information content (AvgIpc) is 3.36. The van der Waals surface area contributed by atoms with E-state index in [0.29, 0.717) is 23.5 Å². The molecule has 2 amide bonds. The minimum absolute atomic E-state index is 0.176. The van der Waals surface area contributed by atoms with E-state index in [0.717, 1.165) is 19.4 Å². The fraction of sp³-hybridized carbons (Fsp3) is 0.471. The summed E-state index contributed by atoms with van der Waals surface area (Å²) in [5.74, 6) is 1.41. The molecule has 126 valence electrons. The molecule has 0 bridgehead atoms. The monoisotopic (exact) mass is 327 g/mol. The first-order valence-corrected chi connectivity index (χ1v) is 8.43. The van der Waals surface area contributed by atoms with Gasteiger partial charge in [0, 0.05) is 18.8 Å². The van der Waals surface area contributed by atoms with E-state index >= 15 is 0 Å². The Hall–Kier alpha value is -2.41. The third-order valence-corrected chi connectivity index (χ3v) is 4.52. The van der Waals surface area contributed by atoms with Crippen LogP contribution in [0.1, 0.15) is 25.7 Å². The van der Waals surface area contributed by atoms with Crippen LogP contribution in [-0.2, 0) is 4.74 Å². The van der Waals surface area contributed by atoms with Crippen LogP contribution in [0.4, 0.5) is 10.5 Å². The number of amides is 2. The van der Waals surface area contributed by atoms with E-state index in [4.69, 9.17) is 4.74 Å². The van der Waals surface area contributed by atoms with Crippen molar-refractivity contribution in [2.75, 3.05) is 11.9 Å². The molecular weight excluding hydrogens is 306 g/mol. The van der Waals surface area contributed by atoms with Crippen molar-refractivity contribution in [2.24, 2.45) is 5.92 Å².